The van der Waals surface area contributed by atoms with Gasteiger partial charge in [0.2, 0.25) is 0 Å². The van der Waals surface area contributed by atoms with Gasteiger partial charge in [-0.2, -0.15) is 10.2 Å². The first-order valence-electron chi connectivity index (χ1n) is 8.72. The number of rotatable bonds is 4. The smallest absolute Gasteiger partial charge is 0.262 e. The quantitative estimate of drug-likeness (QED) is 0.356. The molecule has 0 spiro atoms. The standard InChI is InChI=1S/C18H22N4O2/c23-17(21-19-9-15-7-11-1-3-13(15)5-11)18(24)22-20-10-16-8-12-2-4-14(16)6-12/h1-4,9-16H,5-8H2,(H,21,23)(H,22,24)/b19-9-,20-10-/t11-,12-,13-,14-,15+,16+/m1/s1. The molecule has 0 radical (unpaired) electrons. The summed E-state index contributed by atoms with van der Waals surface area (Å²) in [6.45, 7) is 0. The van der Waals surface area contributed by atoms with Gasteiger partial charge in [0.25, 0.3) is 0 Å². The van der Waals surface area contributed by atoms with Crippen LogP contribution in [-0.4, -0.2) is 24.2 Å². The molecule has 4 bridgehead atoms. The zero-order valence-electron chi connectivity index (χ0n) is 13.5. The first-order chi connectivity index (χ1) is 11.7. The molecule has 2 saturated carbocycles. The molecular formula is C18H22N4O2. The largest absolute Gasteiger partial charge is 0.331 e. The molecule has 0 unspecified atom stereocenters. The minimum absolute atomic E-state index is 0.368. The van der Waals surface area contributed by atoms with E-state index in [1.807, 2.05) is 0 Å². The molecule has 4 rings (SSSR count). The fourth-order valence-electron chi connectivity index (χ4n) is 4.47. The lowest BCUT2D eigenvalue weighted by molar-refractivity contribution is -0.139. The zero-order valence-corrected chi connectivity index (χ0v) is 13.5. The third-order valence-corrected chi connectivity index (χ3v) is 5.73. The molecular weight excluding hydrogens is 304 g/mol. The molecule has 0 heterocycles. The van der Waals surface area contributed by atoms with Gasteiger partial charge in [-0.1, -0.05) is 24.3 Å². The summed E-state index contributed by atoms with van der Waals surface area (Å²) in [6.07, 6.45) is 17.0. The summed E-state index contributed by atoms with van der Waals surface area (Å²) in [5.74, 6) is 1.54. The lowest BCUT2D eigenvalue weighted by atomic mass is 9.95. The lowest BCUT2D eigenvalue weighted by Crippen LogP contribution is -2.35. The van der Waals surface area contributed by atoms with Crippen molar-refractivity contribution in [2.75, 3.05) is 0 Å². The Bertz CT molecular complexity index is 595. The summed E-state index contributed by atoms with van der Waals surface area (Å²) in [5, 5.41) is 7.86. The molecule has 4 aliphatic carbocycles. The molecule has 6 atom stereocenters. The van der Waals surface area contributed by atoms with Gasteiger partial charge in [-0.3, -0.25) is 9.59 Å². The normalized spacial score (nSPS) is 38.7. The van der Waals surface area contributed by atoms with E-state index in [1.165, 1.54) is 12.8 Å². The molecule has 4 aliphatic rings. The highest BCUT2D eigenvalue weighted by Gasteiger charge is 2.35. The van der Waals surface area contributed by atoms with Crippen molar-refractivity contribution in [1.82, 2.24) is 10.9 Å². The van der Waals surface area contributed by atoms with E-state index in [9.17, 15) is 9.59 Å². The number of hydrazone groups is 2. The molecule has 0 aromatic heterocycles. The van der Waals surface area contributed by atoms with Crippen LogP contribution in [0.2, 0.25) is 0 Å². The minimum Gasteiger partial charge on any atom is -0.262 e. The van der Waals surface area contributed by atoms with E-state index in [0.717, 1.165) is 12.8 Å². The van der Waals surface area contributed by atoms with Crippen LogP contribution in [0.15, 0.2) is 34.5 Å². The number of hydrogen-bond donors (Lipinski definition) is 2. The highest BCUT2D eigenvalue weighted by atomic mass is 16.2. The van der Waals surface area contributed by atoms with Crippen molar-refractivity contribution in [3.8, 4) is 0 Å². The van der Waals surface area contributed by atoms with Crippen LogP contribution in [0.1, 0.15) is 25.7 Å². The number of carbonyl (C=O) groups excluding carboxylic acids is 2. The van der Waals surface area contributed by atoms with E-state index >= 15 is 0 Å². The average Bonchev–Trinajstić information content (AvgIpc) is 3.35. The van der Waals surface area contributed by atoms with Crippen LogP contribution in [0.4, 0.5) is 0 Å². The second-order valence-electron chi connectivity index (χ2n) is 7.33. The van der Waals surface area contributed by atoms with Gasteiger partial charge in [0, 0.05) is 24.3 Å². The Labute approximate surface area is 141 Å². The summed E-state index contributed by atoms with van der Waals surface area (Å²) in [7, 11) is 0. The average molecular weight is 326 g/mol. The lowest BCUT2D eigenvalue weighted by Gasteiger charge is -2.12. The van der Waals surface area contributed by atoms with Crippen LogP contribution in [0.25, 0.3) is 0 Å². The summed E-state index contributed by atoms with van der Waals surface area (Å²) in [4.78, 5) is 23.4. The van der Waals surface area contributed by atoms with E-state index < -0.39 is 11.8 Å². The number of amides is 2. The van der Waals surface area contributed by atoms with Crippen LogP contribution in [0.5, 0.6) is 0 Å². The second-order valence-corrected chi connectivity index (χ2v) is 7.33. The van der Waals surface area contributed by atoms with E-state index in [4.69, 9.17) is 0 Å². The topological polar surface area (TPSA) is 82.9 Å². The first-order valence-corrected chi connectivity index (χ1v) is 8.72. The van der Waals surface area contributed by atoms with Gasteiger partial charge in [0.05, 0.1) is 0 Å². The second kappa shape index (κ2) is 6.34. The van der Waals surface area contributed by atoms with Crippen molar-refractivity contribution in [1.29, 1.82) is 0 Å². The summed E-state index contributed by atoms with van der Waals surface area (Å²) < 4.78 is 0. The van der Waals surface area contributed by atoms with E-state index in [1.54, 1.807) is 12.4 Å². The maximum Gasteiger partial charge on any atom is 0.331 e. The molecule has 2 N–H and O–H groups in total. The van der Waals surface area contributed by atoms with Crippen molar-refractivity contribution in [3.05, 3.63) is 24.3 Å². The maximum atomic E-state index is 11.7. The Morgan fingerprint density at radius 1 is 0.750 bits per heavy atom. The van der Waals surface area contributed by atoms with Gasteiger partial charge in [-0.25, -0.2) is 10.9 Å². The SMILES string of the molecule is O=C(N/N=C\[C@@H]1C[C@@H]2C=C[C@@H]1C2)C(=O)N/N=C\[C@@H]1C[C@@H]2C=C[C@@H]1C2. The molecule has 6 heteroatoms. The van der Waals surface area contributed by atoms with Crippen molar-refractivity contribution in [2.45, 2.75) is 25.7 Å². The Kier molecular flexibility index (Phi) is 4.04. The van der Waals surface area contributed by atoms with Crippen LogP contribution in [0, 0.1) is 35.5 Å². The van der Waals surface area contributed by atoms with Crippen molar-refractivity contribution >= 4 is 24.2 Å². The van der Waals surface area contributed by atoms with Gasteiger partial charge in [0.15, 0.2) is 0 Å². The molecule has 0 saturated heterocycles. The highest BCUT2D eigenvalue weighted by molar-refractivity contribution is 6.35. The molecule has 2 amide bonds. The predicted molar refractivity (Wildman–Crippen MR) is 91.0 cm³/mol. The Balaban J connectivity index is 1.19. The maximum absolute atomic E-state index is 11.7. The Morgan fingerprint density at radius 3 is 1.54 bits per heavy atom. The molecule has 0 aliphatic heterocycles. The van der Waals surface area contributed by atoms with Gasteiger partial charge < -0.3 is 0 Å². The molecule has 2 fully saturated rings. The number of hydrogen-bond acceptors (Lipinski definition) is 4. The molecule has 0 aromatic rings. The van der Waals surface area contributed by atoms with Crippen LogP contribution < -0.4 is 10.9 Å². The van der Waals surface area contributed by atoms with E-state index in [2.05, 4.69) is 45.4 Å². The third kappa shape index (κ3) is 3.05. The van der Waals surface area contributed by atoms with Gasteiger partial charge >= 0.3 is 11.8 Å². The number of fused-ring (bicyclic) bond motifs is 4. The summed E-state index contributed by atoms with van der Waals surface area (Å²) in [5.41, 5.74) is 4.57. The molecule has 0 aromatic carbocycles. The summed E-state index contributed by atoms with van der Waals surface area (Å²) >= 11 is 0. The Morgan fingerprint density at radius 2 is 1.21 bits per heavy atom. The summed E-state index contributed by atoms with van der Waals surface area (Å²) in [6, 6.07) is 0. The number of carbonyl (C=O) groups is 2. The fourth-order valence-corrected chi connectivity index (χ4v) is 4.47. The first kappa shape index (κ1) is 15.3. The van der Waals surface area contributed by atoms with Gasteiger partial charge in [-0.05, 0) is 49.4 Å². The molecule has 6 nitrogen and oxygen atoms in total. The minimum atomic E-state index is -0.782. The van der Waals surface area contributed by atoms with Gasteiger partial charge in [-0.15, -0.1) is 0 Å². The number of allylic oxidation sites excluding steroid dienone is 4. The van der Waals surface area contributed by atoms with Gasteiger partial charge in [0.1, 0.15) is 0 Å². The predicted octanol–water partition coefficient (Wildman–Crippen LogP) is 1.61. The fraction of sp³-hybridized carbons (Fsp3) is 0.556. The van der Waals surface area contributed by atoms with E-state index in [0.29, 0.717) is 35.5 Å². The number of nitrogens with one attached hydrogen (secondary N) is 2. The third-order valence-electron chi connectivity index (χ3n) is 5.73. The van der Waals surface area contributed by atoms with Crippen molar-refractivity contribution < 1.29 is 9.59 Å². The van der Waals surface area contributed by atoms with E-state index in [-0.39, 0.29) is 0 Å². The Hall–Kier alpha value is -2.24. The highest BCUT2D eigenvalue weighted by Crippen LogP contribution is 2.43. The van der Waals surface area contributed by atoms with Crippen molar-refractivity contribution in [2.24, 2.45) is 45.7 Å². The van der Waals surface area contributed by atoms with Crippen molar-refractivity contribution in [3.63, 3.8) is 0 Å². The monoisotopic (exact) mass is 326 g/mol. The number of nitrogens with zero attached hydrogens (tertiary/aromatic N) is 2. The molecule has 24 heavy (non-hydrogen) atoms. The van der Waals surface area contributed by atoms with Crippen LogP contribution in [-0.2, 0) is 9.59 Å². The van der Waals surface area contributed by atoms with Crippen LogP contribution >= 0.6 is 0 Å². The molecule has 126 valence electrons. The zero-order chi connectivity index (χ0) is 16.5. The van der Waals surface area contributed by atoms with Crippen LogP contribution in [0.3, 0.4) is 0 Å².